The highest BCUT2D eigenvalue weighted by molar-refractivity contribution is 6.29. The van der Waals surface area contributed by atoms with E-state index in [1.54, 1.807) is 6.07 Å². The third-order valence-electron chi connectivity index (χ3n) is 3.34. The average Bonchev–Trinajstić information content (AvgIpc) is 2.81. The van der Waals surface area contributed by atoms with E-state index in [0.717, 1.165) is 31.0 Å². The topological polar surface area (TPSA) is 41.1 Å². The molecular formula is C14H23ClN4. The maximum atomic E-state index is 6.04. The van der Waals surface area contributed by atoms with Gasteiger partial charge >= 0.3 is 0 Å². The Morgan fingerprint density at radius 3 is 2.79 bits per heavy atom. The van der Waals surface area contributed by atoms with Crippen molar-refractivity contribution in [2.45, 2.75) is 45.6 Å². The molecule has 0 aliphatic carbocycles. The lowest BCUT2D eigenvalue weighted by atomic mass is 10.3. The Labute approximate surface area is 120 Å². The van der Waals surface area contributed by atoms with Crippen molar-refractivity contribution in [3.8, 4) is 0 Å². The summed E-state index contributed by atoms with van der Waals surface area (Å²) in [4.78, 5) is 11.2. The number of rotatable bonds is 6. The van der Waals surface area contributed by atoms with E-state index in [2.05, 4.69) is 34.0 Å². The first kappa shape index (κ1) is 14.5. The standard InChI is InChI=1S/C14H23ClN4/c1-3-6-13-17-12(15)9-14(18-13)16-11(2)10-19-7-4-5-8-19/h9,11H,3-8,10H2,1-2H3,(H,16,17,18). The highest BCUT2D eigenvalue weighted by Crippen LogP contribution is 2.15. The quantitative estimate of drug-likeness (QED) is 0.815. The number of aromatic nitrogens is 2. The summed E-state index contributed by atoms with van der Waals surface area (Å²) < 4.78 is 0. The summed E-state index contributed by atoms with van der Waals surface area (Å²) in [6.45, 7) is 7.81. The number of anilines is 1. The first-order valence-electron chi connectivity index (χ1n) is 7.19. The second kappa shape index (κ2) is 7.06. The molecule has 1 aromatic heterocycles. The molecule has 0 bridgehead atoms. The molecular weight excluding hydrogens is 260 g/mol. The molecule has 1 unspecified atom stereocenters. The van der Waals surface area contributed by atoms with Crippen LogP contribution < -0.4 is 5.32 Å². The van der Waals surface area contributed by atoms with Crippen molar-refractivity contribution in [2.24, 2.45) is 0 Å². The second-order valence-electron chi connectivity index (χ2n) is 5.30. The molecule has 2 rings (SSSR count). The molecule has 1 aromatic rings. The van der Waals surface area contributed by atoms with E-state index >= 15 is 0 Å². The van der Waals surface area contributed by atoms with E-state index in [0.29, 0.717) is 11.2 Å². The highest BCUT2D eigenvalue weighted by Gasteiger charge is 2.15. The maximum Gasteiger partial charge on any atom is 0.134 e. The normalized spacial score (nSPS) is 17.6. The molecule has 19 heavy (non-hydrogen) atoms. The minimum absolute atomic E-state index is 0.374. The van der Waals surface area contributed by atoms with Gasteiger partial charge in [0, 0.05) is 25.1 Å². The summed E-state index contributed by atoms with van der Waals surface area (Å²) in [5.41, 5.74) is 0. The Bertz CT molecular complexity index is 404. The van der Waals surface area contributed by atoms with Gasteiger partial charge in [-0.3, -0.25) is 0 Å². The fourth-order valence-corrected chi connectivity index (χ4v) is 2.73. The molecule has 0 radical (unpaired) electrons. The summed E-state index contributed by atoms with van der Waals surface area (Å²) in [7, 11) is 0. The minimum Gasteiger partial charge on any atom is -0.366 e. The first-order valence-corrected chi connectivity index (χ1v) is 7.57. The van der Waals surface area contributed by atoms with Crippen LogP contribution in [-0.4, -0.2) is 40.5 Å². The molecule has 1 fully saturated rings. The van der Waals surface area contributed by atoms with Gasteiger partial charge in [0.05, 0.1) is 0 Å². The molecule has 0 saturated carbocycles. The predicted molar refractivity (Wildman–Crippen MR) is 79.8 cm³/mol. The molecule has 1 aliphatic rings. The van der Waals surface area contributed by atoms with Crippen molar-refractivity contribution < 1.29 is 0 Å². The lowest BCUT2D eigenvalue weighted by Gasteiger charge is -2.21. The van der Waals surface area contributed by atoms with Crippen LogP contribution in [0.1, 0.15) is 38.9 Å². The molecule has 1 N–H and O–H groups in total. The van der Waals surface area contributed by atoms with Crippen LogP contribution >= 0.6 is 11.6 Å². The van der Waals surface area contributed by atoms with Crippen LogP contribution in [0.4, 0.5) is 5.82 Å². The van der Waals surface area contributed by atoms with E-state index in [1.807, 2.05) is 0 Å². The van der Waals surface area contributed by atoms with Gasteiger partial charge in [0.25, 0.3) is 0 Å². The fourth-order valence-electron chi connectivity index (χ4n) is 2.52. The second-order valence-corrected chi connectivity index (χ2v) is 5.68. The number of likely N-dealkylation sites (tertiary alicyclic amines) is 1. The van der Waals surface area contributed by atoms with Crippen molar-refractivity contribution >= 4 is 17.4 Å². The smallest absolute Gasteiger partial charge is 0.134 e. The summed E-state index contributed by atoms with van der Waals surface area (Å²) in [6.07, 6.45) is 4.55. The molecule has 0 aromatic carbocycles. The lowest BCUT2D eigenvalue weighted by molar-refractivity contribution is 0.327. The summed E-state index contributed by atoms with van der Waals surface area (Å²) in [5.74, 6) is 1.67. The molecule has 1 atom stereocenters. The third-order valence-corrected chi connectivity index (χ3v) is 3.53. The van der Waals surface area contributed by atoms with Gasteiger partial charge in [0.1, 0.15) is 16.8 Å². The first-order chi connectivity index (χ1) is 9.17. The number of hydrogen-bond donors (Lipinski definition) is 1. The highest BCUT2D eigenvalue weighted by atomic mass is 35.5. The number of nitrogens with zero attached hydrogens (tertiary/aromatic N) is 3. The maximum absolute atomic E-state index is 6.04. The number of nitrogens with one attached hydrogen (secondary N) is 1. The fraction of sp³-hybridized carbons (Fsp3) is 0.714. The van der Waals surface area contributed by atoms with E-state index < -0.39 is 0 Å². The van der Waals surface area contributed by atoms with Crippen LogP contribution in [-0.2, 0) is 6.42 Å². The molecule has 106 valence electrons. The van der Waals surface area contributed by atoms with Crippen LogP contribution in [0.3, 0.4) is 0 Å². The van der Waals surface area contributed by atoms with Crippen molar-refractivity contribution in [2.75, 3.05) is 25.0 Å². The predicted octanol–water partition coefficient (Wildman–Crippen LogP) is 2.98. The van der Waals surface area contributed by atoms with E-state index in [9.17, 15) is 0 Å². The molecule has 0 spiro atoms. The summed E-state index contributed by atoms with van der Waals surface area (Å²) in [6, 6.07) is 2.18. The minimum atomic E-state index is 0.374. The Balaban J connectivity index is 1.93. The van der Waals surface area contributed by atoms with Crippen molar-refractivity contribution in [3.63, 3.8) is 0 Å². The zero-order valence-corrected chi connectivity index (χ0v) is 12.6. The van der Waals surface area contributed by atoms with Gasteiger partial charge in [-0.15, -0.1) is 0 Å². The Morgan fingerprint density at radius 1 is 1.37 bits per heavy atom. The molecule has 4 nitrogen and oxygen atoms in total. The van der Waals surface area contributed by atoms with Gasteiger partial charge in [-0.2, -0.15) is 0 Å². The molecule has 2 heterocycles. The molecule has 0 amide bonds. The van der Waals surface area contributed by atoms with E-state index in [4.69, 9.17) is 11.6 Å². The number of hydrogen-bond acceptors (Lipinski definition) is 4. The van der Waals surface area contributed by atoms with E-state index in [-0.39, 0.29) is 0 Å². The zero-order valence-electron chi connectivity index (χ0n) is 11.8. The average molecular weight is 283 g/mol. The van der Waals surface area contributed by atoms with Gasteiger partial charge in [-0.1, -0.05) is 18.5 Å². The Hall–Kier alpha value is -0.870. The Morgan fingerprint density at radius 2 is 2.11 bits per heavy atom. The summed E-state index contributed by atoms with van der Waals surface area (Å²) in [5, 5.41) is 3.95. The summed E-state index contributed by atoms with van der Waals surface area (Å²) >= 11 is 6.04. The largest absolute Gasteiger partial charge is 0.366 e. The molecule has 1 saturated heterocycles. The van der Waals surface area contributed by atoms with Crippen LogP contribution in [0.15, 0.2) is 6.07 Å². The lowest BCUT2D eigenvalue weighted by Crippen LogP contribution is -2.33. The van der Waals surface area contributed by atoms with Gasteiger partial charge in [0.15, 0.2) is 0 Å². The van der Waals surface area contributed by atoms with Crippen LogP contribution in [0, 0.1) is 0 Å². The number of aryl methyl sites for hydroxylation is 1. The number of halogens is 1. The van der Waals surface area contributed by atoms with Crippen LogP contribution in [0.25, 0.3) is 0 Å². The monoisotopic (exact) mass is 282 g/mol. The van der Waals surface area contributed by atoms with Gasteiger partial charge < -0.3 is 10.2 Å². The molecule has 1 aliphatic heterocycles. The third kappa shape index (κ3) is 4.62. The van der Waals surface area contributed by atoms with Crippen molar-refractivity contribution in [1.29, 1.82) is 0 Å². The van der Waals surface area contributed by atoms with Crippen molar-refractivity contribution in [1.82, 2.24) is 14.9 Å². The van der Waals surface area contributed by atoms with Crippen LogP contribution in [0.2, 0.25) is 5.15 Å². The van der Waals surface area contributed by atoms with Gasteiger partial charge in [-0.25, -0.2) is 9.97 Å². The Kier molecular flexibility index (Phi) is 5.40. The SMILES string of the molecule is CCCc1nc(Cl)cc(NC(C)CN2CCCC2)n1. The van der Waals surface area contributed by atoms with Gasteiger partial charge in [0.2, 0.25) is 0 Å². The van der Waals surface area contributed by atoms with Crippen molar-refractivity contribution in [3.05, 3.63) is 17.0 Å². The van der Waals surface area contributed by atoms with Gasteiger partial charge in [-0.05, 0) is 39.3 Å². The van der Waals surface area contributed by atoms with E-state index in [1.165, 1.54) is 25.9 Å². The molecule has 5 heteroatoms. The van der Waals surface area contributed by atoms with Crippen LogP contribution in [0.5, 0.6) is 0 Å². The zero-order chi connectivity index (χ0) is 13.7.